The van der Waals surface area contributed by atoms with Gasteiger partial charge in [-0.3, -0.25) is 9.48 Å². The van der Waals surface area contributed by atoms with Crippen molar-refractivity contribution < 1.29 is 9.53 Å². The molecule has 0 aliphatic heterocycles. The Hall–Kier alpha value is -1.36. The number of rotatable bonds is 6. The Morgan fingerprint density at radius 1 is 1.62 bits per heavy atom. The number of hydrogen-bond donors (Lipinski definition) is 1. The second-order valence-electron chi connectivity index (χ2n) is 3.82. The van der Waals surface area contributed by atoms with Crippen molar-refractivity contribution in [3.8, 4) is 0 Å². The highest BCUT2D eigenvalue weighted by Crippen LogP contribution is 2.12. The minimum absolute atomic E-state index is 0.218. The molecule has 0 spiro atoms. The molecular formula is C11H19N3O2. The highest BCUT2D eigenvalue weighted by atomic mass is 16.5. The van der Waals surface area contributed by atoms with E-state index in [1.807, 2.05) is 26.1 Å². The van der Waals surface area contributed by atoms with Crippen LogP contribution < -0.4 is 5.32 Å². The number of likely N-dealkylation sites (N-methyl/N-ethyl adjacent to an activating group) is 1. The summed E-state index contributed by atoms with van der Waals surface area (Å²) in [6.45, 7) is 4.73. The van der Waals surface area contributed by atoms with Crippen molar-refractivity contribution in [3.05, 3.63) is 18.5 Å². The summed E-state index contributed by atoms with van der Waals surface area (Å²) in [5, 5.41) is 7.11. The van der Waals surface area contributed by atoms with Gasteiger partial charge in [-0.1, -0.05) is 0 Å². The van der Waals surface area contributed by atoms with E-state index < -0.39 is 5.54 Å². The van der Waals surface area contributed by atoms with Gasteiger partial charge in [0.2, 0.25) is 0 Å². The fourth-order valence-electron chi connectivity index (χ4n) is 1.39. The van der Waals surface area contributed by atoms with Crippen molar-refractivity contribution in [1.29, 1.82) is 0 Å². The van der Waals surface area contributed by atoms with Crippen LogP contribution in [0.5, 0.6) is 0 Å². The average molecular weight is 225 g/mol. The molecule has 0 radical (unpaired) electrons. The number of carbonyl (C=O) groups is 1. The highest BCUT2D eigenvalue weighted by molar-refractivity contribution is 5.80. The van der Waals surface area contributed by atoms with Crippen LogP contribution in [-0.2, 0) is 16.1 Å². The number of nitrogens with zero attached hydrogens (tertiary/aromatic N) is 2. The normalized spacial score (nSPS) is 14.4. The van der Waals surface area contributed by atoms with Crippen LogP contribution in [0.4, 0.5) is 0 Å². The van der Waals surface area contributed by atoms with Gasteiger partial charge in [0.25, 0.3) is 0 Å². The van der Waals surface area contributed by atoms with Gasteiger partial charge in [-0.05, 0) is 33.4 Å². The Bertz CT molecular complexity index is 324. The van der Waals surface area contributed by atoms with Gasteiger partial charge < -0.3 is 10.1 Å². The summed E-state index contributed by atoms with van der Waals surface area (Å²) in [5.41, 5.74) is -0.651. The first-order valence-electron chi connectivity index (χ1n) is 5.46. The molecule has 1 aromatic heterocycles. The number of ether oxygens (including phenoxy) is 1. The number of carbonyl (C=O) groups excluding carboxylic acids is 1. The van der Waals surface area contributed by atoms with Crippen molar-refractivity contribution in [2.75, 3.05) is 13.7 Å². The largest absolute Gasteiger partial charge is 0.465 e. The molecule has 0 saturated carbocycles. The van der Waals surface area contributed by atoms with Crippen LogP contribution in [0.2, 0.25) is 0 Å². The summed E-state index contributed by atoms with van der Waals surface area (Å²) in [6.07, 6.45) is 4.24. The second-order valence-corrected chi connectivity index (χ2v) is 3.82. The van der Waals surface area contributed by atoms with Gasteiger partial charge in [0.1, 0.15) is 5.54 Å². The number of aryl methyl sites for hydroxylation is 1. The summed E-state index contributed by atoms with van der Waals surface area (Å²) in [6, 6.07) is 1.86. The molecule has 16 heavy (non-hydrogen) atoms. The van der Waals surface area contributed by atoms with E-state index in [-0.39, 0.29) is 5.97 Å². The third-order valence-corrected chi connectivity index (χ3v) is 2.68. The van der Waals surface area contributed by atoms with Gasteiger partial charge in [0.05, 0.1) is 6.61 Å². The fourth-order valence-corrected chi connectivity index (χ4v) is 1.39. The van der Waals surface area contributed by atoms with Gasteiger partial charge in [0.15, 0.2) is 0 Å². The molecule has 0 fully saturated rings. The third kappa shape index (κ3) is 3.06. The highest BCUT2D eigenvalue weighted by Gasteiger charge is 2.32. The van der Waals surface area contributed by atoms with Crippen molar-refractivity contribution in [1.82, 2.24) is 15.1 Å². The molecule has 0 aromatic carbocycles. The molecule has 90 valence electrons. The van der Waals surface area contributed by atoms with Crippen molar-refractivity contribution >= 4 is 5.97 Å². The first-order chi connectivity index (χ1) is 7.62. The van der Waals surface area contributed by atoms with Crippen LogP contribution in [0.15, 0.2) is 18.5 Å². The molecule has 1 aromatic rings. The first-order valence-corrected chi connectivity index (χ1v) is 5.46. The maximum atomic E-state index is 11.7. The van der Waals surface area contributed by atoms with Gasteiger partial charge in [-0.15, -0.1) is 0 Å². The zero-order valence-corrected chi connectivity index (χ0v) is 10.1. The fraction of sp³-hybridized carbons (Fsp3) is 0.636. The topological polar surface area (TPSA) is 56.2 Å². The summed E-state index contributed by atoms with van der Waals surface area (Å²) in [5.74, 6) is -0.218. The van der Waals surface area contributed by atoms with Crippen LogP contribution in [0.1, 0.15) is 20.3 Å². The molecule has 1 rings (SSSR count). The number of esters is 1. The third-order valence-electron chi connectivity index (χ3n) is 2.68. The predicted molar refractivity (Wildman–Crippen MR) is 60.9 cm³/mol. The van der Waals surface area contributed by atoms with E-state index in [4.69, 9.17) is 4.74 Å². The lowest BCUT2D eigenvalue weighted by Crippen LogP contribution is -2.49. The molecule has 0 aliphatic rings. The molecule has 0 aliphatic carbocycles. The van der Waals surface area contributed by atoms with Crippen molar-refractivity contribution in [2.24, 2.45) is 0 Å². The Labute approximate surface area is 95.8 Å². The lowest BCUT2D eigenvalue weighted by atomic mass is 9.98. The van der Waals surface area contributed by atoms with E-state index in [0.29, 0.717) is 19.6 Å². The van der Waals surface area contributed by atoms with E-state index in [1.54, 1.807) is 17.9 Å². The molecular weight excluding hydrogens is 206 g/mol. The monoisotopic (exact) mass is 225 g/mol. The number of nitrogens with one attached hydrogen (secondary N) is 1. The quantitative estimate of drug-likeness (QED) is 0.728. The molecule has 5 heteroatoms. The standard InChI is InChI=1S/C11H19N3O2/c1-4-16-10(15)11(2,12-3)6-9-14-8-5-7-13-14/h5,7-8,12H,4,6,9H2,1-3H3. The van der Waals surface area contributed by atoms with Gasteiger partial charge in [-0.25, -0.2) is 0 Å². The van der Waals surface area contributed by atoms with Crippen molar-refractivity contribution in [3.63, 3.8) is 0 Å². The lowest BCUT2D eigenvalue weighted by Gasteiger charge is -2.26. The SMILES string of the molecule is CCOC(=O)C(C)(CCn1cccn1)NC. The first kappa shape index (κ1) is 12.7. The van der Waals surface area contributed by atoms with Gasteiger partial charge in [0, 0.05) is 18.9 Å². The molecule has 0 saturated heterocycles. The van der Waals surface area contributed by atoms with E-state index in [9.17, 15) is 4.79 Å². The predicted octanol–water partition coefficient (Wildman–Crippen LogP) is 0.814. The minimum Gasteiger partial charge on any atom is -0.465 e. The average Bonchev–Trinajstić information content (AvgIpc) is 2.79. The smallest absolute Gasteiger partial charge is 0.326 e. The molecule has 1 N–H and O–H groups in total. The summed E-state index contributed by atoms with van der Waals surface area (Å²) in [7, 11) is 1.76. The lowest BCUT2D eigenvalue weighted by molar-refractivity contribution is -0.150. The van der Waals surface area contributed by atoms with Gasteiger partial charge in [-0.2, -0.15) is 5.10 Å². The Kier molecular flexibility index (Phi) is 4.49. The van der Waals surface area contributed by atoms with Gasteiger partial charge >= 0.3 is 5.97 Å². The van der Waals surface area contributed by atoms with E-state index in [1.165, 1.54) is 0 Å². The van der Waals surface area contributed by atoms with E-state index >= 15 is 0 Å². The van der Waals surface area contributed by atoms with E-state index in [0.717, 1.165) is 0 Å². The van der Waals surface area contributed by atoms with E-state index in [2.05, 4.69) is 10.4 Å². The maximum absolute atomic E-state index is 11.7. The van der Waals surface area contributed by atoms with Crippen LogP contribution in [0.3, 0.4) is 0 Å². The van der Waals surface area contributed by atoms with Crippen LogP contribution >= 0.6 is 0 Å². The molecule has 5 nitrogen and oxygen atoms in total. The van der Waals surface area contributed by atoms with Crippen molar-refractivity contribution in [2.45, 2.75) is 32.4 Å². The minimum atomic E-state index is -0.651. The zero-order valence-electron chi connectivity index (χ0n) is 10.1. The molecule has 0 bridgehead atoms. The number of hydrogen-bond acceptors (Lipinski definition) is 4. The molecule has 1 atom stereocenters. The maximum Gasteiger partial charge on any atom is 0.326 e. The zero-order chi connectivity index (χ0) is 12.0. The van der Waals surface area contributed by atoms with Crippen LogP contribution in [0.25, 0.3) is 0 Å². The summed E-state index contributed by atoms with van der Waals surface area (Å²) >= 11 is 0. The Morgan fingerprint density at radius 3 is 2.88 bits per heavy atom. The van der Waals surface area contributed by atoms with Crippen LogP contribution in [0, 0.1) is 0 Å². The molecule has 0 amide bonds. The summed E-state index contributed by atoms with van der Waals surface area (Å²) in [4.78, 5) is 11.7. The Morgan fingerprint density at radius 2 is 2.38 bits per heavy atom. The summed E-state index contributed by atoms with van der Waals surface area (Å²) < 4.78 is 6.84. The number of aromatic nitrogens is 2. The van der Waals surface area contributed by atoms with Crippen LogP contribution in [-0.4, -0.2) is 34.9 Å². The molecule has 1 unspecified atom stereocenters. The molecule has 1 heterocycles. The second kappa shape index (κ2) is 5.65. The Balaban J connectivity index is 2.56.